The van der Waals surface area contributed by atoms with Crippen LogP contribution in [0.15, 0.2) is 24.4 Å². The van der Waals surface area contributed by atoms with Gasteiger partial charge < -0.3 is 15.6 Å². The summed E-state index contributed by atoms with van der Waals surface area (Å²) in [6, 6.07) is 6.98. The Bertz CT molecular complexity index is 1050. The Morgan fingerprint density at radius 3 is 2.88 bits per heavy atom. The van der Waals surface area contributed by atoms with Gasteiger partial charge in [0.1, 0.15) is 0 Å². The number of fused-ring (bicyclic) bond motifs is 2. The number of nitrogens with two attached hydrogens (primary N) is 1. The summed E-state index contributed by atoms with van der Waals surface area (Å²) in [6.07, 6.45) is 6.53. The zero-order valence-corrected chi connectivity index (χ0v) is 20.4. The Kier molecular flexibility index (Phi) is 6.60. The Hall–Kier alpha value is -1.80. The van der Waals surface area contributed by atoms with Gasteiger partial charge in [-0.05, 0) is 50.4 Å². The molecule has 0 unspecified atom stereocenters. The third kappa shape index (κ3) is 4.49. The van der Waals surface area contributed by atoms with Gasteiger partial charge in [-0.2, -0.15) is 0 Å². The van der Waals surface area contributed by atoms with Gasteiger partial charge in [0, 0.05) is 67.3 Å². The molecule has 1 fully saturated rings. The first kappa shape index (κ1) is 22.0. The van der Waals surface area contributed by atoms with Gasteiger partial charge in [-0.3, -0.25) is 9.80 Å². The number of hydrogen-bond acceptors (Lipinski definition) is 6. The van der Waals surface area contributed by atoms with Gasteiger partial charge in [0.15, 0.2) is 5.13 Å². The third-order valence-electron chi connectivity index (χ3n) is 7.02. The molecule has 2 aromatic heterocycles. The Morgan fingerprint density at radius 2 is 2.06 bits per heavy atom. The molecule has 172 valence electrons. The first-order valence-electron chi connectivity index (χ1n) is 11.8. The average molecular weight is 473 g/mol. The first-order valence-corrected chi connectivity index (χ1v) is 13.0. The molecule has 32 heavy (non-hydrogen) atoms. The Labute approximate surface area is 199 Å². The van der Waals surface area contributed by atoms with Crippen LogP contribution in [0.3, 0.4) is 0 Å². The van der Waals surface area contributed by atoms with Crippen molar-refractivity contribution in [1.82, 2.24) is 19.8 Å². The van der Waals surface area contributed by atoms with Gasteiger partial charge in [-0.25, -0.2) is 4.98 Å². The molecule has 1 aliphatic carbocycles. The number of benzene rings is 1. The summed E-state index contributed by atoms with van der Waals surface area (Å²) in [6.45, 7) is 9.94. The number of H-pyrrole nitrogens is 1. The molecule has 1 aromatic carbocycles. The molecule has 1 saturated heterocycles. The van der Waals surface area contributed by atoms with E-state index >= 15 is 0 Å². The van der Waals surface area contributed by atoms with Crippen molar-refractivity contribution >= 4 is 44.7 Å². The first-order chi connectivity index (χ1) is 15.6. The molecule has 3 aromatic rings. The molecule has 8 heteroatoms. The highest BCUT2D eigenvalue weighted by molar-refractivity contribution is 7.15. The van der Waals surface area contributed by atoms with Crippen LogP contribution in [0.5, 0.6) is 0 Å². The van der Waals surface area contributed by atoms with Crippen molar-refractivity contribution in [1.29, 1.82) is 0 Å². The number of thiazole rings is 1. The summed E-state index contributed by atoms with van der Waals surface area (Å²) >= 11 is 8.41. The maximum atomic E-state index is 6.72. The standard InChI is InChI=1S/C24H33ClN6S/c1-2-9-30(17-3-4-20-22(16-17)32-24(26)28-20)13-10-29-11-14-31(15-12-29)21-6-5-19-18(23(21)25)7-8-27-19/h5-8,17,27H,2-4,9-16H2,1H3,(H2,26,28)/t17-/m1/s1. The summed E-state index contributed by atoms with van der Waals surface area (Å²) in [4.78, 5) is 16.9. The van der Waals surface area contributed by atoms with Crippen LogP contribution in [0.2, 0.25) is 5.02 Å². The lowest BCUT2D eigenvalue weighted by molar-refractivity contribution is 0.146. The van der Waals surface area contributed by atoms with E-state index in [-0.39, 0.29) is 0 Å². The normalized spacial score (nSPS) is 19.7. The molecule has 1 atom stereocenters. The smallest absolute Gasteiger partial charge is 0.180 e. The minimum atomic E-state index is 0.621. The molecular formula is C24H33ClN6S. The predicted octanol–water partition coefficient (Wildman–Crippen LogP) is 4.25. The zero-order chi connectivity index (χ0) is 22.1. The number of halogens is 1. The molecule has 3 heterocycles. The van der Waals surface area contributed by atoms with Gasteiger partial charge in [0.25, 0.3) is 0 Å². The number of anilines is 2. The van der Waals surface area contributed by atoms with E-state index in [1.165, 1.54) is 30.0 Å². The summed E-state index contributed by atoms with van der Waals surface area (Å²) in [5, 5.41) is 2.71. The lowest BCUT2D eigenvalue weighted by atomic mass is 9.96. The van der Waals surface area contributed by atoms with Gasteiger partial charge in [0.2, 0.25) is 0 Å². The predicted molar refractivity (Wildman–Crippen MR) is 136 cm³/mol. The van der Waals surface area contributed by atoms with E-state index in [9.17, 15) is 0 Å². The fourth-order valence-electron chi connectivity index (χ4n) is 5.26. The number of piperazine rings is 1. The highest BCUT2D eigenvalue weighted by atomic mass is 35.5. The van der Waals surface area contributed by atoms with Crippen LogP contribution in [-0.2, 0) is 12.8 Å². The van der Waals surface area contributed by atoms with Gasteiger partial charge in [0.05, 0.1) is 16.4 Å². The van der Waals surface area contributed by atoms with E-state index in [0.717, 1.165) is 78.9 Å². The number of rotatable bonds is 7. The van der Waals surface area contributed by atoms with Crippen molar-refractivity contribution in [3.05, 3.63) is 40.0 Å². The Balaban J connectivity index is 1.16. The van der Waals surface area contributed by atoms with Gasteiger partial charge >= 0.3 is 0 Å². The second-order valence-electron chi connectivity index (χ2n) is 9.02. The van der Waals surface area contributed by atoms with Crippen LogP contribution in [0, 0.1) is 0 Å². The minimum Gasteiger partial charge on any atom is -0.375 e. The summed E-state index contributed by atoms with van der Waals surface area (Å²) < 4.78 is 0. The fourth-order valence-corrected chi connectivity index (χ4v) is 6.56. The van der Waals surface area contributed by atoms with Crippen LogP contribution in [0.1, 0.15) is 30.3 Å². The zero-order valence-electron chi connectivity index (χ0n) is 18.8. The van der Waals surface area contributed by atoms with E-state index in [0.29, 0.717) is 6.04 Å². The van der Waals surface area contributed by atoms with E-state index in [2.05, 4.69) is 49.8 Å². The molecular weight excluding hydrogens is 440 g/mol. The molecule has 0 amide bonds. The third-order valence-corrected chi connectivity index (χ3v) is 8.37. The van der Waals surface area contributed by atoms with Crippen LogP contribution in [-0.4, -0.2) is 71.6 Å². The summed E-state index contributed by atoms with van der Waals surface area (Å²) in [5.41, 5.74) is 9.46. The Morgan fingerprint density at radius 1 is 1.22 bits per heavy atom. The molecule has 0 spiro atoms. The topological polar surface area (TPSA) is 64.4 Å². The van der Waals surface area contributed by atoms with Crippen molar-refractivity contribution in [2.75, 3.05) is 56.4 Å². The molecule has 0 bridgehead atoms. The van der Waals surface area contributed by atoms with E-state index < -0.39 is 0 Å². The lowest BCUT2D eigenvalue weighted by Crippen LogP contribution is -2.50. The van der Waals surface area contributed by atoms with Gasteiger partial charge in [-0.1, -0.05) is 18.5 Å². The van der Waals surface area contributed by atoms with Crippen molar-refractivity contribution in [3.63, 3.8) is 0 Å². The molecule has 3 N–H and O–H groups in total. The minimum absolute atomic E-state index is 0.621. The fraction of sp³-hybridized carbons (Fsp3) is 0.542. The van der Waals surface area contributed by atoms with Crippen LogP contribution in [0.4, 0.5) is 10.8 Å². The average Bonchev–Trinajstić information content (AvgIpc) is 3.43. The number of aromatic nitrogens is 2. The molecule has 2 aliphatic rings. The molecule has 6 nitrogen and oxygen atoms in total. The van der Waals surface area contributed by atoms with Crippen molar-refractivity contribution in [3.8, 4) is 0 Å². The quantitative estimate of drug-likeness (QED) is 0.538. The van der Waals surface area contributed by atoms with Crippen LogP contribution < -0.4 is 10.6 Å². The molecule has 5 rings (SSSR count). The molecule has 0 saturated carbocycles. The number of nitrogen functional groups attached to an aromatic ring is 1. The number of aromatic amines is 1. The van der Waals surface area contributed by atoms with Crippen molar-refractivity contribution in [2.24, 2.45) is 0 Å². The number of aryl methyl sites for hydroxylation is 1. The number of nitrogens with one attached hydrogen (secondary N) is 1. The highest BCUT2D eigenvalue weighted by Crippen LogP contribution is 2.34. The number of hydrogen-bond donors (Lipinski definition) is 2. The van der Waals surface area contributed by atoms with Gasteiger partial charge in [-0.15, -0.1) is 11.3 Å². The van der Waals surface area contributed by atoms with E-state index in [4.69, 9.17) is 17.3 Å². The van der Waals surface area contributed by atoms with Crippen LogP contribution in [0.25, 0.3) is 10.9 Å². The second-order valence-corrected chi connectivity index (χ2v) is 10.5. The van der Waals surface area contributed by atoms with Crippen molar-refractivity contribution < 1.29 is 0 Å². The summed E-state index contributed by atoms with van der Waals surface area (Å²) in [5.74, 6) is 0. The number of nitrogens with zero attached hydrogens (tertiary/aromatic N) is 4. The monoisotopic (exact) mass is 472 g/mol. The molecule has 0 radical (unpaired) electrons. The summed E-state index contributed by atoms with van der Waals surface area (Å²) in [7, 11) is 0. The van der Waals surface area contributed by atoms with E-state index in [1.807, 2.05) is 6.20 Å². The largest absolute Gasteiger partial charge is 0.375 e. The van der Waals surface area contributed by atoms with Crippen LogP contribution >= 0.6 is 22.9 Å². The van der Waals surface area contributed by atoms with E-state index in [1.54, 1.807) is 11.3 Å². The maximum Gasteiger partial charge on any atom is 0.180 e. The SMILES string of the molecule is CCCN(CCN1CCN(c2ccc3[nH]ccc3c2Cl)CC1)[C@@H]1CCc2nc(N)sc2C1. The second kappa shape index (κ2) is 9.59. The molecule has 1 aliphatic heterocycles. The van der Waals surface area contributed by atoms with Crippen molar-refractivity contribution in [2.45, 2.75) is 38.6 Å². The lowest BCUT2D eigenvalue weighted by Gasteiger charge is -2.39. The highest BCUT2D eigenvalue weighted by Gasteiger charge is 2.27. The maximum absolute atomic E-state index is 6.72.